The van der Waals surface area contributed by atoms with Crippen LogP contribution in [0.15, 0.2) is 59.6 Å². The number of nitrogens with zero attached hydrogens (tertiary/aromatic N) is 2. The number of benzene rings is 2. The fourth-order valence-electron chi connectivity index (χ4n) is 4.17. The first-order chi connectivity index (χ1) is 11.3. The Bertz CT molecular complexity index is 705. The molecule has 2 atom stereocenters. The summed E-state index contributed by atoms with van der Waals surface area (Å²) in [7, 11) is 0. The Labute approximate surface area is 138 Å². The van der Waals surface area contributed by atoms with Gasteiger partial charge in [0.05, 0.1) is 17.9 Å². The van der Waals surface area contributed by atoms with Crippen LogP contribution >= 0.6 is 0 Å². The second kappa shape index (κ2) is 6.19. The molecule has 2 aromatic carbocycles. The minimum absolute atomic E-state index is 0.470. The second-order valence-electron chi connectivity index (χ2n) is 6.68. The first-order valence-electron chi connectivity index (χ1n) is 8.77. The molecule has 4 rings (SSSR count). The maximum Gasteiger partial charge on any atom is 0.0999 e. The summed E-state index contributed by atoms with van der Waals surface area (Å²) >= 11 is 0. The Morgan fingerprint density at radius 1 is 0.913 bits per heavy atom. The molecular formula is C21H24N2. The highest BCUT2D eigenvalue weighted by atomic mass is 15.3. The van der Waals surface area contributed by atoms with Gasteiger partial charge in [-0.1, -0.05) is 54.6 Å². The Morgan fingerprint density at radius 3 is 2.39 bits per heavy atom. The molecule has 1 saturated heterocycles. The van der Waals surface area contributed by atoms with Crippen LogP contribution in [0.1, 0.15) is 54.5 Å². The summed E-state index contributed by atoms with van der Waals surface area (Å²) in [5, 5.41) is 0. The molecule has 2 aliphatic heterocycles. The van der Waals surface area contributed by atoms with E-state index in [4.69, 9.17) is 4.99 Å². The normalized spacial score (nSPS) is 24.0. The lowest BCUT2D eigenvalue weighted by atomic mass is 9.99. The summed E-state index contributed by atoms with van der Waals surface area (Å²) < 4.78 is 0. The molecule has 0 amide bonds. The van der Waals surface area contributed by atoms with Gasteiger partial charge in [-0.25, -0.2) is 0 Å². The summed E-state index contributed by atoms with van der Waals surface area (Å²) in [4.78, 5) is 7.47. The standard InChI is InChI=1S/C21H24N2/c1-16-8-5-6-11-18(16)20-14-13-19(17-9-3-2-4-10-17)23(20)21-12-7-15-22-21/h2-6,8-11,19-20H,7,12-15H2,1H3. The van der Waals surface area contributed by atoms with Crippen molar-refractivity contribution in [3.8, 4) is 0 Å². The van der Waals surface area contributed by atoms with Gasteiger partial charge in [0, 0.05) is 13.0 Å². The zero-order valence-corrected chi connectivity index (χ0v) is 13.8. The van der Waals surface area contributed by atoms with Crippen LogP contribution in [0.25, 0.3) is 0 Å². The monoisotopic (exact) mass is 304 g/mol. The molecule has 118 valence electrons. The van der Waals surface area contributed by atoms with Crippen LogP contribution in [-0.4, -0.2) is 17.3 Å². The summed E-state index contributed by atoms with van der Waals surface area (Å²) in [6.45, 7) is 3.23. The molecule has 0 N–H and O–H groups in total. The summed E-state index contributed by atoms with van der Waals surface area (Å²) in [5.74, 6) is 1.32. The highest BCUT2D eigenvalue weighted by Crippen LogP contribution is 2.45. The lowest BCUT2D eigenvalue weighted by molar-refractivity contribution is 0.317. The van der Waals surface area contributed by atoms with Crippen molar-refractivity contribution in [2.45, 2.75) is 44.7 Å². The molecule has 0 bridgehead atoms. The lowest BCUT2D eigenvalue weighted by Gasteiger charge is -2.33. The maximum atomic E-state index is 4.84. The molecule has 0 radical (unpaired) electrons. The van der Waals surface area contributed by atoms with Crippen molar-refractivity contribution in [3.63, 3.8) is 0 Å². The van der Waals surface area contributed by atoms with E-state index in [0.717, 1.165) is 13.0 Å². The molecule has 2 aliphatic rings. The Morgan fingerprint density at radius 2 is 1.65 bits per heavy atom. The number of hydrogen-bond acceptors (Lipinski definition) is 2. The van der Waals surface area contributed by atoms with E-state index in [-0.39, 0.29) is 0 Å². The molecule has 0 aromatic heterocycles. The second-order valence-corrected chi connectivity index (χ2v) is 6.68. The smallest absolute Gasteiger partial charge is 0.0999 e. The van der Waals surface area contributed by atoms with E-state index in [2.05, 4.69) is 66.4 Å². The van der Waals surface area contributed by atoms with Gasteiger partial charge in [0.15, 0.2) is 0 Å². The van der Waals surface area contributed by atoms with Crippen molar-refractivity contribution in [2.24, 2.45) is 4.99 Å². The molecule has 2 heteroatoms. The van der Waals surface area contributed by atoms with E-state index in [1.165, 1.54) is 41.8 Å². The van der Waals surface area contributed by atoms with Crippen LogP contribution in [0.4, 0.5) is 0 Å². The average molecular weight is 304 g/mol. The Hall–Kier alpha value is -2.09. The van der Waals surface area contributed by atoms with Crippen molar-refractivity contribution in [2.75, 3.05) is 6.54 Å². The van der Waals surface area contributed by atoms with Gasteiger partial charge in [-0.2, -0.15) is 0 Å². The number of aryl methyl sites for hydroxylation is 1. The fourth-order valence-corrected chi connectivity index (χ4v) is 4.17. The number of likely N-dealkylation sites (tertiary alicyclic amines) is 1. The minimum Gasteiger partial charge on any atom is -0.346 e. The van der Waals surface area contributed by atoms with Gasteiger partial charge >= 0.3 is 0 Å². The SMILES string of the molecule is Cc1ccccc1C1CCC(c2ccccc2)N1C1=NCCC1. The van der Waals surface area contributed by atoms with E-state index in [9.17, 15) is 0 Å². The van der Waals surface area contributed by atoms with Crippen LogP contribution in [0, 0.1) is 6.92 Å². The van der Waals surface area contributed by atoms with Gasteiger partial charge in [-0.3, -0.25) is 4.99 Å². The quantitative estimate of drug-likeness (QED) is 0.756. The molecule has 2 aromatic rings. The van der Waals surface area contributed by atoms with Gasteiger partial charge in [0.25, 0.3) is 0 Å². The topological polar surface area (TPSA) is 15.6 Å². The molecule has 2 unspecified atom stereocenters. The number of hydrogen-bond donors (Lipinski definition) is 0. The molecule has 23 heavy (non-hydrogen) atoms. The average Bonchev–Trinajstić information content (AvgIpc) is 3.25. The zero-order valence-electron chi connectivity index (χ0n) is 13.8. The Kier molecular flexibility index (Phi) is 3.90. The molecule has 0 saturated carbocycles. The third-order valence-electron chi connectivity index (χ3n) is 5.27. The molecular weight excluding hydrogens is 280 g/mol. The van der Waals surface area contributed by atoms with Crippen LogP contribution < -0.4 is 0 Å². The van der Waals surface area contributed by atoms with Gasteiger partial charge in [-0.05, 0) is 42.9 Å². The van der Waals surface area contributed by atoms with E-state index >= 15 is 0 Å². The van der Waals surface area contributed by atoms with Crippen LogP contribution in [0.5, 0.6) is 0 Å². The van der Waals surface area contributed by atoms with Crippen LogP contribution in [-0.2, 0) is 0 Å². The van der Waals surface area contributed by atoms with E-state index in [1.54, 1.807) is 0 Å². The molecule has 0 aliphatic carbocycles. The van der Waals surface area contributed by atoms with Crippen LogP contribution in [0.3, 0.4) is 0 Å². The lowest BCUT2D eigenvalue weighted by Crippen LogP contribution is -2.32. The predicted molar refractivity (Wildman–Crippen MR) is 95.7 cm³/mol. The predicted octanol–water partition coefficient (Wildman–Crippen LogP) is 5.07. The summed E-state index contributed by atoms with van der Waals surface area (Å²) in [6.07, 6.45) is 4.75. The van der Waals surface area contributed by atoms with Gasteiger partial charge in [0.1, 0.15) is 0 Å². The van der Waals surface area contributed by atoms with Crippen molar-refractivity contribution < 1.29 is 0 Å². The van der Waals surface area contributed by atoms with Gasteiger partial charge in [-0.15, -0.1) is 0 Å². The highest BCUT2D eigenvalue weighted by molar-refractivity contribution is 5.85. The number of aliphatic imine (C=N–C) groups is 1. The minimum atomic E-state index is 0.470. The highest BCUT2D eigenvalue weighted by Gasteiger charge is 2.38. The van der Waals surface area contributed by atoms with Crippen molar-refractivity contribution >= 4 is 5.84 Å². The van der Waals surface area contributed by atoms with Crippen molar-refractivity contribution in [3.05, 3.63) is 71.3 Å². The summed E-state index contributed by atoms with van der Waals surface area (Å²) in [6, 6.07) is 20.8. The van der Waals surface area contributed by atoms with Gasteiger partial charge < -0.3 is 4.90 Å². The van der Waals surface area contributed by atoms with Gasteiger partial charge in [0.2, 0.25) is 0 Å². The number of rotatable bonds is 2. The third kappa shape index (κ3) is 2.67. The molecule has 2 heterocycles. The zero-order chi connectivity index (χ0) is 15.6. The van der Waals surface area contributed by atoms with E-state index < -0.39 is 0 Å². The largest absolute Gasteiger partial charge is 0.346 e. The van der Waals surface area contributed by atoms with Crippen LogP contribution in [0.2, 0.25) is 0 Å². The molecule has 2 nitrogen and oxygen atoms in total. The number of amidine groups is 1. The first kappa shape index (κ1) is 14.5. The van der Waals surface area contributed by atoms with E-state index in [0.29, 0.717) is 12.1 Å². The van der Waals surface area contributed by atoms with Crippen molar-refractivity contribution in [1.82, 2.24) is 4.90 Å². The Balaban J connectivity index is 1.74. The first-order valence-corrected chi connectivity index (χ1v) is 8.77. The van der Waals surface area contributed by atoms with Crippen molar-refractivity contribution in [1.29, 1.82) is 0 Å². The maximum absolute atomic E-state index is 4.84. The van der Waals surface area contributed by atoms with E-state index in [1.807, 2.05) is 0 Å². The fraction of sp³-hybridized carbons (Fsp3) is 0.381. The molecule has 0 spiro atoms. The molecule has 1 fully saturated rings. The third-order valence-corrected chi connectivity index (χ3v) is 5.27. The summed E-state index contributed by atoms with van der Waals surface area (Å²) in [5.41, 5.74) is 4.30.